The van der Waals surface area contributed by atoms with Crippen molar-refractivity contribution in [1.29, 1.82) is 0 Å². The van der Waals surface area contributed by atoms with Crippen molar-refractivity contribution in [2.45, 2.75) is 32.1 Å². The molecule has 0 saturated heterocycles. The van der Waals surface area contributed by atoms with Gasteiger partial charge in [0.15, 0.2) is 0 Å². The summed E-state index contributed by atoms with van der Waals surface area (Å²) in [5, 5.41) is 0.175. The molecule has 4 heteroatoms. The highest BCUT2D eigenvalue weighted by Crippen LogP contribution is 2.61. The van der Waals surface area contributed by atoms with Crippen LogP contribution in [0.15, 0.2) is 36.4 Å². The molecule has 0 aromatic heterocycles. The van der Waals surface area contributed by atoms with Crippen molar-refractivity contribution in [1.82, 2.24) is 0 Å². The fourth-order valence-corrected chi connectivity index (χ4v) is 5.61. The molecule has 0 heterocycles. The molecule has 2 aliphatic carbocycles. The largest absolute Gasteiger partial charge is 0.495 e. The summed E-state index contributed by atoms with van der Waals surface area (Å²) in [5.74, 6) is 0.602. The molecule has 5 rings (SSSR count). The van der Waals surface area contributed by atoms with E-state index in [0.717, 1.165) is 31.6 Å². The van der Waals surface area contributed by atoms with Gasteiger partial charge < -0.3 is 4.74 Å². The van der Waals surface area contributed by atoms with E-state index in [0.29, 0.717) is 0 Å². The third kappa shape index (κ3) is 2.35. The van der Waals surface area contributed by atoms with Crippen LogP contribution in [-0.4, -0.2) is 7.11 Å². The summed E-state index contributed by atoms with van der Waals surface area (Å²) in [6.45, 7) is 6.68. The lowest BCUT2D eigenvalue weighted by Gasteiger charge is -2.21. The molecule has 0 N–H and O–H groups in total. The van der Waals surface area contributed by atoms with Crippen molar-refractivity contribution in [3.8, 4) is 28.0 Å². The van der Waals surface area contributed by atoms with E-state index in [9.17, 15) is 4.39 Å². The quantitative estimate of drug-likeness (QED) is 0.214. The van der Waals surface area contributed by atoms with Crippen LogP contribution in [0, 0.1) is 9.39 Å². The number of methoxy groups -OCH3 is 1. The van der Waals surface area contributed by atoms with Gasteiger partial charge in [-0.1, -0.05) is 50.6 Å². The standard InChI is InChI=1S/C24H19ClFIO/c1-24(2,3)11-5-6-12-14(7-11)22-21-16(10-19(27)23(22)28-4)13-9-18(26)17(25)8-15(13)20(12)21/h5-10,20H,1-4H3. The molecule has 0 aliphatic heterocycles. The van der Waals surface area contributed by atoms with E-state index in [1.54, 1.807) is 19.2 Å². The van der Waals surface area contributed by atoms with E-state index >= 15 is 0 Å². The van der Waals surface area contributed by atoms with Gasteiger partial charge in [0.2, 0.25) is 0 Å². The van der Waals surface area contributed by atoms with Gasteiger partial charge in [0, 0.05) is 11.5 Å². The van der Waals surface area contributed by atoms with Gasteiger partial charge in [-0.3, -0.25) is 0 Å². The molecule has 3 aromatic rings. The average molecular weight is 505 g/mol. The highest BCUT2D eigenvalue weighted by atomic mass is 127. The third-order valence-corrected chi connectivity index (χ3v) is 7.05. The minimum atomic E-state index is -0.372. The van der Waals surface area contributed by atoms with Crippen molar-refractivity contribution >= 4 is 34.2 Å². The summed E-state index contributed by atoms with van der Waals surface area (Å²) in [4.78, 5) is 0. The Balaban J connectivity index is 1.90. The Kier molecular flexibility index (Phi) is 3.92. The van der Waals surface area contributed by atoms with Crippen molar-refractivity contribution in [2.75, 3.05) is 7.11 Å². The van der Waals surface area contributed by atoms with Gasteiger partial charge in [0.05, 0.1) is 15.7 Å². The molecule has 3 aromatic carbocycles. The second-order valence-corrected chi connectivity index (χ2v) is 10.1. The van der Waals surface area contributed by atoms with Gasteiger partial charge in [-0.05, 0) is 85.1 Å². The average Bonchev–Trinajstić information content (AvgIpc) is 3.11. The minimum Gasteiger partial charge on any atom is -0.495 e. The first-order chi connectivity index (χ1) is 13.2. The molecule has 28 heavy (non-hydrogen) atoms. The Labute approximate surface area is 183 Å². The fourth-order valence-electron chi connectivity index (χ4n) is 4.64. The predicted octanol–water partition coefficient (Wildman–Crippen LogP) is 7.53. The van der Waals surface area contributed by atoms with Gasteiger partial charge >= 0.3 is 0 Å². The van der Waals surface area contributed by atoms with Crippen molar-refractivity contribution in [3.63, 3.8) is 0 Å². The second kappa shape index (κ2) is 5.96. The lowest BCUT2D eigenvalue weighted by molar-refractivity contribution is 0.413. The van der Waals surface area contributed by atoms with Crippen LogP contribution in [-0.2, 0) is 5.41 Å². The van der Waals surface area contributed by atoms with Crippen LogP contribution < -0.4 is 4.74 Å². The van der Waals surface area contributed by atoms with E-state index in [2.05, 4.69) is 67.6 Å². The Hall–Kier alpha value is -1.59. The fraction of sp³-hybridized carbons (Fsp3) is 0.250. The number of benzene rings is 3. The van der Waals surface area contributed by atoms with Crippen molar-refractivity contribution in [2.24, 2.45) is 0 Å². The van der Waals surface area contributed by atoms with Crippen LogP contribution in [0.1, 0.15) is 48.9 Å². The first kappa shape index (κ1) is 18.4. The SMILES string of the molecule is COc1c(I)cc2c3c1-c1cc(C(C)(C)C)ccc1C3c1cc(Cl)c(F)cc1-2. The molecule has 2 aliphatic rings. The van der Waals surface area contributed by atoms with E-state index < -0.39 is 0 Å². The summed E-state index contributed by atoms with van der Waals surface area (Å²) in [7, 11) is 1.72. The molecule has 0 amide bonds. The smallest absolute Gasteiger partial charge is 0.142 e. The first-order valence-electron chi connectivity index (χ1n) is 9.27. The molecule has 0 saturated carbocycles. The van der Waals surface area contributed by atoms with E-state index in [4.69, 9.17) is 16.3 Å². The maximum Gasteiger partial charge on any atom is 0.142 e. The number of ether oxygens (including phenoxy) is 1. The van der Waals surface area contributed by atoms with E-state index in [1.807, 2.05) is 0 Å². The molecule has 142 valence electrons. The zero-order valence-electron chi connectivity index (χ0n) is 16.1. The zero-order chi connectivity index (χ0) is 20.0. The Morgan fingerprint density at radius 2 is 1.75 bits per heavy atom. The van der Waals surface area contributed by atoms with Gasteiger partial charge in [-0.2, -0.15) is 0 Å². The maximum atomic E-state index is 14.3. The summed E-state index contributed by atoms with van der Waals surface area (Å²) in [6, 6.07) is 12.2. The van der Waals surface area contributed by atoms with Gasteiger partial charge in [-0.25, -0.2) is 4.39 Å². The minimum absolute atomic E-state index is 0.0553. The van der Waals surface area contributed by atoms with E-state index in [1.165, 1.54) is 22.3 Å². The van der Waals surface area contributed by atoms with Crippen LogP contribution >= 0.6 is 34.2 Å². The summed E-state index contributed by atoms with van der Waals surface area (Å²) in [5.41, 5.74) is 9.27. The lowest BCUT2D eigenvalue weighted by atomic mass is 9.84. The monoisotopic (exact) mass is 504 g/mol. The molecule has 1 atom stereocenters. The molecular formula is C24H19ClFIO. The van der Waals surface area contributed by atoms with Crippen LogP contribution in [0.5, 0.6) is 5.75 Å². The molecular weight excluding hydrogens is 486 g/mol. The third-order valence-electron chi connectivity index (χ3n) is 5.96. The lowest BCUT2D eigenvalue weighted by Crippen LogP contribution is -2.11. The number of fused-ring (bicyclic) bond motifs is 6. The Bertz CT molecular complexity index is 1180. The number of rotatable bonds is 1. The molecule has 1 nitrogen and oxygen atoms in total. The Morgan fingerprint density at radius 1 is 1.00 bits per heavy atom. The van der Waals surface area contributed by atoms with Crippen LogP contribution in [0.2, 0.25) is 5.02 Å². The summed E-state index contributed by atoms with van der Waals surface area (Å²) in [6.07, 6.45) is 0. The van der Waals surface area contributed by atoms with E-state index in [-0.39, 0.29) is 22.2 Å². The number of hydrogen-bond acceptors (Lipinski definition) is 1. The molecule has 0 fully saturated rings. The van der Waals surface area contributed by atoms with Gasteiger partial charge in [0.1, 0.15) is 11.6 Å². The maximum absolute atomic E-state index is 14.3. The van der Waals surface area contributed by atoms with Crippen LogP contribution in [0.3, 0.4) is 0 Å². The van der Waals surface area contributed by atoms with Crippen LogP contribution in [0.4, 0.5) is 4.39 Å². The topological polar surface area (TPSA) is 9.23 Å². The normalized spacial score (nSPS) is 16.0. The predicted molar refractivity (Wildman–Crippen MR) is 121 cm³/mol. The van der Waals surface area contributed by atoms with Gasteiger partial charge in [0.25, 0.3) is 0 Å². The summed E-state index contributed by atoms with van der Waals surface area (Å²) < 4.78 is 21.2. The molecule has 0 radical (unpaired) electrons. The first-order valence-corrected chi connectivity index (χ1v) is 10.7. The van der Waals surface area contributed by atoms with Crippen molar-refractivity contribution in [3.05, 3.63) is 73.1 Å². The number of halogens is 3. The van der Waals surface area contributed by atoms with Crippen molar-refractivity contribution < 1.29 is 9.13 Å². The zero-order valence-corrected chi connectivity index (χ0v) is 19.0. The molecule has 0 spiro atoms. The second-order valence-electron chi connectivity index (χ2n) is 8.57. The summed E-state index contributed by atoms with van der Waals surface area (Å²) >= 11 is 8.49. The Morgan fingerprint density at radius 3 is 2.43 bits per heavy atom. The van der Waals surface area contributed by atoms with Crippen LogP contribution in [0.25, 0.3) is 22.3 Å². The number of hydrogen-bond donors (Lipinski definition) is 0. The van der Waals surface area contributed by atoms with Gasteiger partial charge in [-0.15, -0.1) is 0 Å². The molecule has 0 bridgehead atoms. The highest BCUT2D eigenvalue weighted by molar-refractivity contribution is 14.1. The highest BCUT2D eigenvalue weighted by Gasteiger charge is 2.42. The molecule has 1 unspecified atom stereocenters.